The molecule has 0 aromatic carbocycles. The number of hydrogen-bond donors (Lipinski definition) is 1. The van der Waals surface area contributed by atoms with Crippen molar-refractivity contribution in [1.82, 2.24) is 10.3 Å². The van der Waals surface area contributed by atoms with Crippen molar-refractivity contribution in [2.75, 3.05) is 18.0 Å². The minimum atomic E-state index is -4.40. The monoisotopic (exact) mass is 333 g/mol. The number of thiazole rings is 1. The molecule has 1 aliphatic heterocycles. The minimum Gasteiger partial charge on any atom is -0.351 e. The number of hydrogen-bond acceptors (Lipinski definition) is 4. The van der Waals surface area contributed by atoms with Crippen LogP contribution in [-0.4, -0.2) is 30.0 Å². The summed E-state index contributed by atoms with van der Waals surface area (Å²) in [5.74, 6) is 0.222. The van der Waals surface area contributed by atoms with Gasteiger partial charge in [-0.25, -0.2) is 4.98 Å². The number of rotatable bonds is 3. The van der Waals surface area contributed by atoms with E-state index < -0.39 is 11.9 Å². The number of nitrogens with one attached hydrogen (secondary N) is 1. The van der Waals surface area contributed by atoms with E-state index >= 15 is 0 Å². The molecule has 1 atom stereocenters. The van der Waals surface area contributed by atoms with Gasteiger partial charge in [-0.15, -0.1) is 11.3 Å². The van der Waals surface area contributed by atoms with Gasteiger partial charge < -0.3 is 10.2 Å². The third-order valence-corrected chi connectivity index (χ3v) is 5.20. The Bertz CT molecular complexity index is 542. The van der Waals surface area contributed by atoms with Crippen molar-refractivity contribution < 1.29 is 18.0 Å². The molecule has 1 aromatic rings. The highest BCUT2D eigenvalue weighted by Crippen LogP contribution is 2.34. The summed E-state index contributed by atoms with van der Waals surface area (Å²) in [4.78, 5) is 17.5. The van der Waals surface area contributed by atoms with Crippen LogP contribution in [0.25, 0.3) is 0 Å². The molecule has 1 aromatic heterocycles. The maximum Gasteiger partial charge on any atom is 0.434 e. The Kier molecular flexibility index (Phi) is 4.29. The van der Waals surface area contributed by atoms with Gasteiger partial charge in [-0.2, -0.15) is 13.2 Å². The van der Waals surface area contributed by atoms with E-state index in [1.165, 1.54) is 0 Å². The second kappa shape index (κ2) is 6.06. The average molecular weight is 333 g/mol. The number of anilines is 1. The van der Waals surface area contributed by atoms with Gasteiger partial charge in [0.15, 0.2) is 10.8 Å². The Labute approximate surface area is 130 Å². The van der Waals surface area contributed by atoms with E-state index in [1.54, 1.807) is 0 Å². The fourth-order valence-electron chi connectivity index (χ4n) is 2.80. The van der Waals surface area contributed by atoms with Gasteiger partial charge in [-0.3, -0.25) is 4.79 Å². The van der Waals surface area contributed by atoms with Crippen LogP contribution in [0.15, 0.2) is 5.38 Å². The first-order valence-electron chi connectivity index (χ1n) is 7.51. The summed E-state index contributed by atoms with van der Waals surface area (Å²) >= 11 is 1.01. The molecule has 1 aliphatic carbocycles. The third kappa shape index (κ3) is 3.37. The van der Waals surface area contributed by atoms with Crippen LogP contribution in [0.3, 0.4) is 0 Å². The first kappa shape index (κ1) is 15.6. The lowest BCUT2D eigenvalue weighted by Crippen LogP contribution is -2.50. The number of amides is 1. The predicted octanol–water partition coefficient (Wildman–Crippen LogP) is 3.05. The second-order valence-corrected chi connectivity index (χ2v) is 6.77. The molecular formula is C14H18F3N3OS. The van der Waals surface area contributed by atoms with Gasteiger partial charge in [0, 0.05) is 30.4 Å². The summed E-state index contributed by atoms with van der Waals surface area (Å²) in [7, 11) is 0. The van der Waals surface area contributed by atoms with Crippen molar-refractivity contribution >= 4 is 22.4 Å². The number of alkyl halides is 3. The van der Waals surface area contributed by atoms with Crippen LogP contribution in [-0.2, 0) is 11.0 Å². The zero-order valence-corrected chi connectivity index (χ0v) is 12.8. The lowest BCUT2D eigenvalue weighted by molar-refractivity contribution is -0.140. The zero-order valence-electron chi connectivity index (χ0n) is 12.0. The fraction of sp³-hybridized carbons (Fsp3) is 0.714. The van der Waals surface area contributed by atoms with Gasteiger partial charge in [-0.1, -0.05) is 6.42 Å². The van der Waals surface area contributed by atoms with Crippen LogP contribution in [0.1, 0.15) is 37.8 Å². The van der Waals surface area contributed by atoms with Crippen LogP contribution < -0.4 is 10.2 Å². The van der Waals surface area contributed by atoms with Crippen molar-refractivity contribution in [3.05, 3.63) is 11.1 Å². The van der Waals surface area contributed by atoms with Gasteiger partial charge >= 0.3 is 6.18 Å². The van der Waals surface area contributed by atoms with E-state index in [2.05, 4.69) is 10.3 Å². The summed E-state index contributed by atoms with van der Waals surface area (Å²) in [6, 6.07) is 0.0000803. The highest BCUT2D eigenvalue weighted by Gasteiger charge is 2.35. The summed E-state index contributed by atoms with van der Waals surface area (Å²) < 4.78 is 37.9. The van der Waals surface area contributed by atoms with Gasteiger partial charge in [-0.05, 0) is 25.7 Å². The van der Waals surface area contributed by atoms with Crippen LogP contribution >= 0.6 is 11.3 Å². The van der Waals surface area contributed by atoms with E-state index in [9.17, 15) is 18.0 Å². The molecule has 2 aliphatic rings. The smallest absolute Gasteiger partial charge is 0.351 e. The molecule has 2 fully saturated rings. The molecule has 4 nitrogen and oxygen atoms in total. The molecule has 2 heterocycles. The van der Waals surface area contributed by atoms with Gasteiger partial charge in [0.1, 0.15) is 0 Å². The van der Waals surface area contributed by atoms with E-state index in [-0.39, 0.29) is 17.9 Å². The van der Waals surface area contributed by atoms with Gasteiger partial charge in [0.2, 0.25) is 5.91 Å². The largest absolute Gasteiger partial charge is 0.434 e. The van der Waals surface area contributed by atoms with Crippen LogP contribution in [0.4, 0.5) is 18.3 Å². The second-order valence-electron chi connectivity index (χ2n) is 5.93. The topological polar surface area (TPSA) is 45.2 Å². The Morgan fingerprint density at radius 3 is 2.68 bits per heavy atom. The Morgan fingerprint density at radius 2 is 2.09 bits per heavy atom. The van der Waals surface area contributed by atoms with Crippen molar-refractivity contribution in [2.24, 2.45) is 5.92 Å². The average Bonchev–Trinajstić information content (AvgIpc) is 2.86. The summed E-state index contributed by atoms with van der Waals surface area (Å²) in [6.07, 6.45) is 0.312. The summed E-state index contributed by atoms with van der Waals surface area (Å²) in [6.45, 7) is 1.21. The van der Waals surface area contributed by atoms with Crippen LogP contribution in [0, 0.1) is 5.92 Å². The molecule has 1 saturated heterocycles. The Morgan fingerprint density at radius 1 is 1.32 bits per heavy atom. The molecule has 122 valence electrons. The highest BCUT2D eigenvalue weighted by atomic mass is 32.1. The molecule has 1 amide bonds. The first-order valence-corrected chi connectivity index (χ1v) is 8.39. The molecular weight excluding hydrogens is 315 g/mol. The third-order valence-electron chi connectivity index (χ3n) is 4.30. The number of carbonyl (C=O) groups is 1. The van der Waals surface area contributed by atoms with Crippen molar-refractivity contribution in [3.8, 4) is 0 Å². The summed E-state index contributed by atoms with van der Waals surface area (Å²) in [5.41, 5.74) is -0.840. The number of carbonyl (C=O) groups excluding carboxylic acids is 1. The molecule has 0 spiro atoms. The zero-order chi connectivity index (χ0) is 15.7. The van der Waals surface area contributed by atoms with Crippen molar-refractivity contribution in [3.63, 3.8) is 0 Å². The predicted molar refractivity (Wildman–Crippen MR) is 77.8 cm³/mol. The maximum atomic E-state index is 12.6. The van der Waals surface area contributed by atoms with Crippen molar-refractivity contribution in [2.45, 2.75) is 44.3 Å². The normalized spacial score (nSPS) is 23.2. The lowest BCUT2D eigenvalue weighted by atomic mass is 9.84. The quantitative estimate of drug-likeness (QED) is 0.925. The number of nitrogens with zero attached hydrogens (tertiary/aromatic N) is 2. The maximum absolute atomic E-state index is 12.6. The SMILES string of the molecule is O=C(NC1CCCN(c2nc(C(F)(F)F)cs2)C1)C1CCC1. The molecule has 1 saturated carbocycles. The fourth-order valence-corrected chi connectivity index (χ4v) is 3.67. The summed E-state index contributed by atoms with van der Waals surface area (Å²) in [5, 5.41) is 4.46. The van der Waals surface area contributed by atoms with E-state index in [4.69, 9.17) is 0 Å². The van der Waals surface area contributed by atoms with Crippen LogP contribution in [0.5, 0.6) is 0 Å². The van der Waals surface area contributed by atoms with Crippen LogP contribution in [0.2, 0.25) is 0 Å². The molecule has 3 rings (SSSR count). The number of piperidine rings is 1. The van der Waals surface area contributed by atoms with Gasteiger partial charge in [0.25, 0.3) is 0 Å². The standard InChI is InChI=1S/C14H18F3N3OS/c15-14(16,17)11-8-22-13(19-11)20-6-2-5-10(7-20)18-12(21)9-3-1-4-9/h8-10H,1-7H2,(H,18,21). The molecule has 22 heavy (non-hydrogen) atoms. The number of aromatic nitrogens is 1. The van der Waals surface area contributed by atoms with E-state index in [1.807, 2.05) is 4.90 Å². The van der Waals surface area contributed by atoms with Crippen molar-refractivity contribution in [1.29, 1.82) is 0 Å². The molecule has 0 bridgehead atoms. The Hall–Kier alpha value is -1.31. The minimum absolute atomic E-state index is 0.0000803. The first-order chi connectivity index (χ1) is 10.4. The molecule has 8 heteroatoms. The Balaban J connectivity index is 1.60. The highest BCUT2D eigenvalue weighted by molar-refractivity contribution is 7.13. The number of halogens is 3. The molecule has 1 unspecified atom stereocenters. The molecule has 0 radical (unpaired) electrons. The lowest BCUT2D eigenvalue weighted by Gasteiger charge is -2.34. The molecule has 1 N–H and O–H groups in total. The van der Waals surface area contributed by atoms with Gasteiger partial charge in [0.05, 0.1) is 0 Å². The van der Waals surface area contributed by atoms with E-state index in [0.717, 1.165) is 48.8 Å². The van der Waals surface area contributed by atoms with E-state index in [0.29, 0.717) is 18.2 Å².